The summed E-state index contributed by atoms with van der Waals surface area (Å²) >= 11 is 0. The molecular formula is C22H17F3N2O4. The molecule has 160 valence electrons. The van der Waals surface area contributed by atoms with Crippen LogP contribution in [-0.2, 0) is 13.1 Å². The number of aromatic nitrogens is 1. The first-order valence-corrected chi connectivity index (χ1v) is 9.73. The van der Waals surface area contributed by atoms with Crippen LogP contribution >= 0.6 is 0 Å². The van der Waals surface area contributed by atoms with Gasteiger partial charge in [-0.05, 0) is 25.0 Å². The molecule has 1 aliphatic carbocycles. The molecule has 0 atom stereocenters. The number of carbonyl (C=O) groups is 1. The minimum atomic E-state index is -1.43. The van der Waals surface area contributed by atoms with Gasteiger partial charge in [0.05, 0.1) is 23.6 Å². The molecule has 31 heavy (non-hydrogen) atoms. The van der Waals surface area contributed by atoms with E-state index in [1.807, 2.05) is 0 Å². The van der Waals surface area contributed by atoms with Crippen molar-refractivity contribution < 1.29 is 27.8 Å². The average Bonchev–Trinajstić information content (AvgIpc) is 3.45. The van der Waals surface area contributed by atoms with Crippen molar-refractivity contribution in [1.82, 2.24) is 9.88 Å². The van der Waals surface area contributed by atoms with Crippen molar-refractivity contribution in [1.29, 1.82) is 0 Å². The fraction of sp³-hybridized carbons (Fsp3) is 0.273. The van der Waals surface area contributed by atoms with Gasteiger partial charge in [0, 0.05) is 42.0 Å². The molecule has 2 N–H and O–H groups in total. The molecule has 0 saturated heterocycles. The number of rotatable bonds is 4. The number of halogens is 3. The Hall–Kier alpha value is -3.33. The Bertz CT molecular complexity index is 1350. The highest BCUT2D eigenvalue weighted by molar-refractivity contribution is 5.98. The summed E-state index contributed by atoms with van der Waals surface area (Å²) in [5.41, 5.74) is -1.50. The van der Waals surface area contributed by atoms with E-state index < -0.39 is 34.4 Å². The van der Waals surface area contributed by atoms with Crippen molar-refractivity contribution in [3.63, 3.8) is 0 Å². The summed E-state index contributed by atoms with van der Waals surface area (Å²) in [4.78, 5) is 24.3. The Morgan fingerprint density at radius 2 is 1.87 bits per heavy atom. The largest absolute Gasteiger partial charge is 0.494 e. The number of hydrogen-bond acceptors (Lipinski definition) is 4. The number of aromatic carboxylic acids is 1. The lowest BCUT2D eigenvalue weighted by Crippen LogP contribution is -2.19. The van der Waals surface area contributed by atoms with Crippen LogP contribution in [0.15, 0.2) is 23.1 Å². The van der Waals surface area contributed by atoms with Gasteiger partial charge in [-0.2, -0.15) is 0 Å². The minimum Gasteiger partial charge on any atom is -0.494 e. The van der Waals surface area contributed by atoms with Crippen LogP contribution in [0.25, 0.3) is 22.0 Å². The van der Waals surface area contributed by atoms with Crippen LogP contribution in [0.2, 0.25) is 0 Å². The summed E-state index contributed by atoms with van der Waals surface area (Å²) in [6.45, 7) is 0.285. The number of hydrogen-bond donors (Lipinski definition) is 2. The van der Waals surface area contributed by atoms with E-state index in [0.29, 0.717) is 0 Å². The maximum Gasteiger partial charge on any atom is 0.341 e. The number of benzene rings is 2. The molecule has 1 saturated carbocycles. The first kappa shape index (κ1) is 19.6. The van der Waals surface area contributed by atoms with Gasteiger partial charge in [0.25, 0.3) is 0 Å². The monoisotopic (exact) mass is 430 g/mol. The molecule has 9 heteroatoms. The Kier molecular flexibility index (Phi) is 4.33. The third-order valence-corrected chi connectivity index (χ3v) is 5.90. The van der Waals surface area contributed by atoms with E-state index >= 15 is 8.78 Å². The Morgan fingerprint density at radius 3 is 2.52 bits per heavy atom. The average molecular weight is 430 g/mol. The number of carboxylic acid groups (broad SMARTS) is 1. The molecule has 1 aromatic heterocycles. The Labute approximate surface area is 173 Å². The summed E-state index contributed by atoms with van der Waals surface area (Å²) in [5, 5.41) is 12.1. The van der Waals surface area contributed by atoms with Crippen LogP contribution < -0.4 is 15.5 Å². The number of ether oxygens (including phenoxy) is 1. The van der Waals surface area contributed by atoms with Crippen molar-refractivity contribution in [2.75, 3.05) is 7.11 Å². The zero-order valence-corrected chi connectivity index (χ0v) is 16.4. The number of methoxy groups -OCH3 is 1. The normalized spacial score (nSPS) is 15.4. The van der Waals surface area contributed by atoms with E-state index in [9.17, 15) is 19.1 Å². The highest BCUT2D eigenvalue weighted by Crippen LogP contribution is 2.45. The molecule has 2 aliphatic rings. The van der Waals surface area contributed by atoms with E-state index in [2.05, 4.69) is 5.32 Å². The fourth-order valence-corrected chi connectivity index (χ4v) is 4.28. The predicted molar refractivity (Wildman–Crippen MR) is 106 cm³/mol. The van der Waals surface area contributed by atoms with E-state index in [-0.39, 0.29) is 58.0 Å². The molecule has 0 spiro atoms. The van der Waals surface area contributed by atoms with Crippen molar-refractivity contribution >= 4 is 16.9 Å². The maximum absolute atomic E-state index is 15.3. The van der Waals surface area contributed by atoms with E-state index in [0.717, 1.165) is 25.0 Å². The smallest absolute Gasteiger partial charge is 0.341 e. The van der Waals surface area contributed by atoms with Crippen LogP contribution in [0.5, 0.6) is 5.75 Å². The molecule has 0 unspecified atom stereocenters. The zero-order valence-electron chi connectivity index (χ0n) is 16.4. The van der Waals surface area contributed by atoms with E-state index in [1.165, 1.54) is 13.3 Å². The summed E-state index contributed by atoms with van der Waals surface area (Å²) in [6, 6.07) is 1.71. The molecule has 1 aliphatic heterocycles. The molecule has 5 rings (SSSR count). The van der Waals surface area contributed by atoms with Crippen molar-refractivity contribution in [2.45, 2.75) is 32.0 Å². The zero-order chi connectivity index (χ0) is 22.0. The summed E-state index contributed by atoms with van der Waals surface area (Å²) in [6.07, 6.45) is 2.68. The topological polar surface area (TPSA) is 80.6 Å². The summed E-state index contributed by atoms with van der Waals surface area (Å²) in [5.74, 6) is -4.00. The third kappa shape index (κ3) is 2.83. The molecule has 0 amide bonds. The van der Waals surface area contributed by atoms with Gasteiger partial charge in [-0.1, -0.05) is 0 Å². The van der Waals surface area contributed by atoms with Crippen LogP contribution in [0.3, 0.4) is 0 Å². The van der Waals surface area contributed by atoms with Gasteiger partial charge in [0.15, 0.2) is 5.75 Å². The quantitative estimate of drug-likeness (QED) is 0.659. The summed E-state index contributed by atoms with van der Waals surface area (Å²) in [7, 11) is 1.24. The SMILES string of the molecule is COc1c(-c2cc(F)c3c(c2F)CNC3)c(F)cc2c(=O)c(C(=O)O)cn(C3CC3)c12. The van der Waals surface area contributed by atoms with E-state index in [1.54, 1.807) is 4.57 Å². The number of nitrogens with zero attached hydrogens (tertiary/aromatic N) is 1. The number of fused-ring (bicyclic) bond motifs is 2. The fourth-order valence-electron chi connectivity index (χ4n) is 4.28. The van der Waals surface area contributed by atoms with Crippen molar-refractivity contribution in [3.05, 3.63) is 62.7 Å². The Balaban J connectivity index is 1.91. The molecule has 3 aromatic rings. The number of carboxylic acids is 1. The van der Waals surface area contributed by atoms with Gasteiger partial charge < -0.3 is 19.7 Å². The molecule has 6 nitrogen and oxygen atoms in total. The first-order valence-electron chi connectivity index (χ1n) is 9.73. The second-order valence-electron chi connectivity index (χ2n) is 7.76. The predicted octanol–water partition coefficient (Wildman–Crippen LogP) is 3.73. The van der Waals surface area contributed by atoms with Gasteiger partial charge in [-0.25, -0.2) is 18.0 Å². The van der Waals surface area contributed by atoms with Gasteiger partial charge in [-0.15, -0.1) is 0 Å². The van der Waals surface area contributed by atoms with Gasteiger partial charge >= 0.3 is 5.97 Å². The standard InChI is InChI=1S/C22H17F3N2O4/c1-31-21-17(10-4-15(23)12-6-26-7-13(12)18(10)25)16(24)5-11-19(21)27(9-2-3-9)8-14(20(11)28)22(29)30/h4-5,8-9,26H,2-3,6-7H2,1H3,(H,29,30). The second kappa shape index (κ2) is 6.84. The van der Waals surface area contributed by atoms with Gasteiger partial charge in [-0.3, -0.25) is 4.79 Å². The third-order valence-electron chi connectivity index (χ3n) is 5.90. The lowest BCUT2D eigenvalue weighted by Gasteiger charge is -2.19. The highest BCUT2D eigenvalue weighted by atomic mass is 19.1. The molecule has 2 heterocycles. The lowest BCUT2D eigenvalue weighted by atomic mass is 9.95. The molecular weight excluding hydrogens is 413 g/mol. The van der Waals surface area contributed by atoms with Crippen LogP contribution in [-0.4, -0.2) is 22.8 Å². The molecule has 0 radical (unpaired) electrons. The molecule has 0 bridgehead atoms. The van der Waals surface area contributed by atoms with Gasteiger partial charge in [0.1, 0.15) is 23.0 Å². The number of nitrogens with one attached hydrogen (secondary N) is 1. The van der Waals surface area contributed by atoms with Crippen LogP contribution in [0.1, 0.15) is 40.4 Å². The van der Waals surface area contributed by atoms with Gasteiger partial charge in [0.2, 0.25) is 5.43 Å². The number of pyridine rings is 1. The van der Waals surface area contributed by atoms with Crippen LogP contribution in [0, 0.1) is 17.5 Å². The molecule has 1 fully saturated rings. The van der Waals surface area contributed by atoms with Crippen molar-refractivity contribution in [3.8, 4) is 16.9 Å². The Morgan fingerprint density at radius 1 is 1.16 bits per heavy atom. The second-order valence-corrected chi connectivity index (χ2v) is 7.76. The maximum atomic E-state index is 15.3. The van der Waals surface area contributed by atoms with Crippen molar-refractivity contribution in [2.24, 2.45) is 0 Å². The van der Waals surface area contributed by atoms with E-state index in [4.69, 9.17) is 4.74 Å². The first-order chi connectivity index (χ1) is 14.8. The summed E-state index contributed by atoms with van der Waals surface area (Å²) < 4.78 is 52.2. The minimum absolute atomic E-state index is 0.0979. The highest BCUT2D eigenvalue weighted by Gasteiger charge is 2.32. The van der Waals surface area contributed by atoms with Crippen LogP contribution in [0.4, 0.5) is 13.2 Å². The lowest BCUT2D eigenvalue weighted by molar-refractivity contribution is 0.0694. The molecule has 2 aromatic carbocycles.